The molecule has 1 saturated carbocycles. The van der Waals surface area contributed by atoms with Crippen molar-refractivity contribution in [2.75, 3.05) is 0 Å². The van der Waals surface area contributed by atoms with E-state index in [1.807, 2.05) is 18.2 Å². The van der Waals surface area contributed by atoms with Crippen LogP contribution in [-0.4, -0.2) is 0 Å². The van der Waals surface area contributed by atoms with Crippen molar-refractivity contribution in [2.24, 2.45) is 11.7 Å². The number of nitrogens with two attached hydrogens (primary N) is 1. The second-order valence-electron chi connectivity index (χ2n) is 5.34. The van der Waals surface area contributed by atoms with Gasteiger partial charge in [0.05, 0.1) is 0 Å². The Hall–Kier alpha value is -0.530. The van der Waals surface area contributed by atoms with E-state index in [1.165, 1.54) is 25.7 Å². The molecule has 2 unspecified atom stereocenters. The van der Waals surface area contributed by atoms with Gasteiger partial charge in [-0.3, -0.25) is 0 Å². The van der Waals surface area contributed by atoms with Gasteiger partial charge >= 0.3 is 0 Å². The van der Waals surface area contributed by atoms with Crippen molar-refractivity contribution >= 4 is 11.6 Å². The molecule has 17 heavy (non-hydrogen) atoms. The van der Waals surface area contributed by atoms with Gasteiger partial charge in [-0.05, 0) is 36.8 Å². The van der Waals surface area contributed by atoms with Crippen LogP contribution in [-0.2, 0) is 5.54 Å². The standard InChI is InChI=1S/C15H22ClN/c1-2-12-6-5-10-15(17,11-9-12)13-7-3-4-8-14(13)16/h3-4,7-8,12H,2,5-6,9-11,17H2,1H3. The van der Waals surface area contributed by atoms with Crippen LogP contribution < -0.4 is 5.73 Å². The van der Waals surface area contributed by atoms with Gasteiger partial charge in [-0.1, -0.05) is 56.0 Å². The number of hydrogen-bond donors (Lipinski definition) is 1. The maximum Gasteiger partial charge on any atom is 0.0456 e. The van der Waals surface area contributed by atoms with Crippen LogP contribution in [0.3, 0.4) is 0 Å². The van der Waals surface area contributed by atoms with E-state index in [-0.39, 0.29) is 5.54 Å². The Morgan fingerprint density at radius 1 is 1.29 bits per heavy atom. The molecular weight excluding hydrogens is 230 g/mol. The fourth-order valence-electron chi connectivity index (χ4n) is 2.98. The molecule has 2 N–H and O–H groups in total. The van der Waals surface area contributed by atoms with E-state index in [4.69, 9.17) is 17.3 Å². The van der Waals surface area contributed by atoms with Crippen molar-refractivity contribution in [3.05, 3.63) is 34.9 Å². The molecule has 0 radical (unpaired) electrons. The summed E-state index contributed by atoms with van der Waals surface area (Å²) in [6, 6.07) is 8.06. The normalized spacial score (nSPS) is 29.9. The first-order valence-electron chi connectivity index (χ1n) is 6.69. The van der Waals surface area contributed by atoms with Crippen molar-refractivity contribution in [3.63, 3.8) is 0 Å². The average Bonchev–Trinajstić information content (AvgIpc) is 2.52. The van der Waals surface area contributed by atoms with Crippen molar-refractivity contribution in [2.45, 2.75) is 51.0 Å². The average molecular weight is 252 g/mol. The molecule has 1 aliphatic rings. The Morgan fingerprint density at radius 3 is 2.76 bits per heavy atom. The molecule has 0 amide bonds. The summed E-state index contributed by atoms with van der Waals surface area (Å²) in [5, 5.41) is 0.824. The summed E-state index contributed by atoms with van der Waals surface area (Å²) in [4.78, 5) is 0. The summed E-state index contributed by atoms with van der Waals surface area (Å²) in [5.74, 6) is 0.850. The summed E-state index contributed by atoms with van der Waals surface area (Å²) in [7, 11) is 0. The van der Waals surface area contributed by atoms with Crippen molar-refractivity contribution in [1.82, 2.24) is 0 Å². The lowest BCUT2D eigenvalue weighted by Crippen LogP contribution is -2.36. The van der Waals surface area contributed by atoms with Crippen molar-refractivity contribution in [3.8, 4) is 0 Å². The zero-order valence-corrected chi connectivity index (χ0v) is 11.3. The minimum atomic E-state index is -0.206. The van der Waals surface area contributed by atoms with Gasteiger partial charge in [0.1, 0.15) is 0 Å². The Labute approximate surface area is 109 Å². The van der Waals surface area contributed by atoms with Crippen LogP contribution in [0.2, 0.25) is 5.02 Å². The van der Waals surface area contributed by atoms with Crippen LogP contribution in [0.15, 0.2) is 24.3 Å². The van der Waals surface area contributed by atoms with Gasteiger partial charge in [0.2, 0.25) is 0 Å². The molecule has 1 aromatic carbocycles. The summed E-state index contributed by atoms with van der Waals surface area (Å²) in [6.07, 6.45) is 7.18. The van der Waals surface area contributed by atoms with Gasteiger partial charge in [-0.25, -0.2) is 0 Å². The summed E-state index contributed by atoms with van der Waals surface area (Å²) < 4.78 is 0. The molecule has 94 valence electrons. The molecule has 2 rings (SSSR count). The molecule has 2 heteroatoms. The monoisotopic (exact) mass is 251 g/mol. The zero-order chi connectivity index (χ0) is 12.3. The highest BCUT2D eigenvalue weighted by molar-refractivity contribution is 6.31. The second-order valence-corrected chi connectivity index (χ2v) is 5.75. The number of halogens is 1. The molecular formula is C15H22ClN. The van der Waals surface area contributed by atoms with Crippen molar-refractivity contribution in [1.29, 1.82) is 0 Å². The molecule has 1 nitrogen and oxygen atoms in total. The Kier molecular flexibility index (Phi) is 4.11. The largest absolute Gasteiger partial charge is 0.321 e. The Balaban J connectivity index is 2.21. The predicted molar refractivity (Wildman–Crippen MR) is 74.2 cm³/mol. The first-order valence-corrected chi connectivity index (χ1v) is 7.07. The zero-order valence-electron chi connectivity index (χ0n) is 10.6. The van der Waals surface area contributed by atoms with Gasteiger partial charge in [0.15, 0.2) is 0 Å². The maximum absolute atomic E-state index is 6.61. The summed E-state index contributed by atoms with van der Waals surface area (Å²) in [6.45, 7) is 2.28. The quantitative estimate of drug-likeness (QED) is 0.771. The second kappa shape index (κ2) is 5.41. The highest BCUT2D eigenvalue weighted by Gasteiger charge is 2.31. The minimum Gasteiger partial charge on any atom is -0.321 e. The fraction of sp³-hybridized carbons (Fsp3) is 0.600. The third-order valence-corrected chi connectivity index (χ3v) is 4.55. The van der Waals surface area contributed by atoms with E-state index in [0.29, 0.717) is 0 Å². The molecule has 0 saturated heterocycles. The molecule has 0 heterocycles. The van der Waals surface area contributed by atoms with E-state index in [1.54, 1.807) is 0 Å². The first-order chi connectivity index (χ1) is 8.15. The van der Waals surface area contributed by atoms with E-state index in [2.05, 4.69) is 13.0 Å². The molecule has 0 aliphatic heterocycles. The van der Waals surface area contributed by atoms with E-state index < -0.39 is 0 Å². The van der Waals surface area contributed by atoms with Crippen LogP contribution >= 0.6 is 11.6 Å². The van der Waals surface area contributed by atoms with Crippen LogP contribution in [0, 0.1) is 5.92 Å². The lowest BCUT2D eigenvalue weighted by Gasteiger charge is -2.29. The number of hydrogen-bond acceptors (Lipinski definition) is 1. The third kappa shape index (κ3) is 2.83. The van der Waals surface area contributed by atoms with E-state index >= 15 is 0 Å². The third-order valence-electron chi connectivity index (χ3n) is 4.22. The van der Waals surface area contributed by atoms with Crippen LogP contribution in [0.1, 0.15) is 51.0 Å². The van der Waals surface area contributed by atoms with Gasteiger partial charge < -0.3 is 5.73 Å². The summed E-state index contributed by atoms with van der Waals surface area (Å²) in [5.41, 5.74) is 7.55. The smallest absolute Gasteiger partial charge is 0.0456 e. The number of rotatable bonds is 2. The predicted octanol–water partition coefficient (Wildman–Crippen LogP) is 4.48. The van der Waals surface area contributed by atoms with Gasteiger partial charge in [-0.15, -0.1) is 0 Å². The topological polar surface area (TPSA) is 26.0 Å². The van der Waals surface area contributed by atoms with E-state index in [0.717, 1.165) is 29.3 Å². The van der Waals surface area contributed by atoms with Crippen molar-refractivity contribution < 1.29 is 0 Å². The maximum atomic E-state index is 6.61. The van der Waals surface area contributed by atoms with Crippen LogP contribution in [0.25, 0.3) is 0 Å². The van der Waals surface area contributed by atoms with E-state index in [9.17, 15) is 0 Å². The molecule has 1 aromatic rings. The minimum absolute atomic E-state index is 0.206. The molecule has 2 atom stereocenters. The van der Waals surface area contributed by atoms with Gasteiger partial charge in [-0.2, -0.15) is 0 Å². The van der Waals surface area contributed by atoms with Gasteiger partial charge in [0.25, 0.3) is 0 Å². The van der Waals surface area contributed by atoms with Crippen LogP contribution in [0.4, 0.5) is 0 Å². The fourth-order valence-corrected chi connectivity index (χ4v) is 3.30. The highest BCUT2D eigenvalue weighted by atomic mass is 35.5. The van der Waals surface area contributed by atoms with Crippen LogP contribution in [0.5, 0.6) is 0 Å². The summed E-state index contributed by atoms with van der Waals surface area (Å²) >= 11 is 6.29. The first kappa shape index (κ1) is 12.9. The SMILES string of the molecule is CCC1CCCC(N)(c2ccccc2Cl)CC1. The lowest BCUT2D eigenvalue weighted by molar-refractivity contribution is 0.372. The molecule has 1 fully saturated rings. The lowest BCUT2D eigenvalue weighted by atomic mass is 9.83. The van der Waals surface area contributed by atoms with Gasteiger partial charge in [0, 0.05) is 10.6 Å². The number of benzene rings is 1. The highest BCUT2D eigenvalue weighted by Crippen LogP contribution is 2.39. The molecule has 1 aliphatic carbocycles. The Morgan fingerprint density at radius 2 is 2.06 bits per heavy atom. The molecule has 0 bridgehead atoms. The molecule has 0 spiro atoms. The molecule has 0 aromatic heterocycles. The Bertz CT molecular complexity index is 377.